The first-order valence-corrected chi connectivity index (χ1v) is 5.46. The third kappa shape index (κ3) is 1.74. The highest BCUT2D eigenvalue weighted by atomic mass is 19.1. The molecular weight excluding hydrogens is 224 g/mol. The van der Waals surface area contributed by atoms with Crippen LogP contribution in [0.4, 0.5) is 8.78 Å². The molecule has 1 fully saturated rings. The first-order valence-electron chi connectivity index (χ1n) is 5.46. The highest BCUT2D eigenvalue weighted by molar-refractivity contribution is 5.59. The van der Waals surface area contributed by atoms with Crippen molar-refractivity contribution in [2.75, 3.05) is 0 Å². The van der Waals surface area contributed by atoms with E-state index < -0.39 is 11.6 Å². The molecular formula is C13H11F2NO. The molecule has 1 aliphatic carbocycles. The summed E-state index contributed by atoms with van der Waals surface area (Å²) in [4.78, 5) is 0. The van der Waals surface area contributed by atoms with Gasteiger partial charge in [-0.05, 0) is 30.7 Å². The lowest BCUT2D eigenvalue weighted by Gasteiger charge is -2.01. The maximum absolute atomic E-state index is 13.5. The molecule has 0 bridgehead atoms. The van der Waals surface area contributed by atoms with E-state index in [1.165, 1.54) is 18.2 Å². The van der Waals surface area contributed by atoms with Crippen LogP contribution in [0.3, 0.4) is 0 Å². The van der Waals surface area contributed by atoms with Gasteiger partial charge in [-0.1, -0.05) is 6.07 Å². The van der Waals surface area contributed by atoms with E-state index in [4.69, 9.17) is 10.2 Å². The summed E-state index contributed by atoms with van der Waals surface area (Å²) in [5, 5.41) is 0. The Balaban J connectivity index is 2.01. The molecule has 0 saturated heterocycles. The molecule has 2 atom stereocenters. The molecule has 17 heavy (non-hydrogen) atoms. The van der Waals surface area contributed by atoms with Crippen LogP contribution in [0, 0.1) is 11.6 Å². The monoisotopic (exact) mass is 235 g/mol. The fourth-order valence-electron chi connectivity index (χ4n) is 1.96. The molecule has 0 aliphatic heterocycles. The Labute approximate surface area is 97.0 Å². The van der Waals surface area contributed by atoms with Crippen molar-refractivity contribution in [2.45, 2.75) is 18.4 Å². The van der Waals surface area contributed by atoms with Gasteiger partial charge in [0.05, 0.1) is 5.56 Å². The first-order chi connectivity index (χ1) is 8.16. The first kappa shape index (κ1) is 10.5. The summed E-state index contributed by atoms with van der Waals surface area (Å²) in [7, 11) is 0. The smallest absolute Gasteiger partial charge is 0.140 e. The normalized spacial score (nSPS) is 22.8. The molecule has 2 nitrogen and oxygen atoms in total. The van der Waals surface area contributed by atoms with Crippen LogP contribution in [0.15, 0.2) is 34.7 Å². The third-order valence-corrected chi connectivity index (χ3v) is 3.04. The van der Waals surface area contributed by atoms with E-state index in [2.05, 4.69) is 0 Å². The molecule has 0 unspecified atom stereocenters. The Hall–Kier alpha value is -1.68. The Morgan fingerprint density at radius 3 is 2.35 bits per heavy atom. The number of rotatable bonds is 2. The summed E-state index contributed by atoms with van der Waals surface area (Å²) in [5.41, 5.74) is 5.58. The maximum Gasteiger partial charge on any atom is 0.140 e. The van der Waals surface area contributed by atoms with Crippen LogP contribution < -0.4 is 5.73 Å². The van der Waals surface area contributed by atoms with E-state index >= 15 is 0 Å². The van der Waals surface area contributed by atoms with Gasteiger partial charge in [-0.15, -0.1) is 0 Å². The summed E-state index contributed by atoms with van der Waals surface area (Å²) >= 11 is 0. The van der Waals surface area contributed by atoms with Gasteiger partial charge in [0.25, 0.3) is 0 Å². The Morgan fingerprint density at radius 2 is 1.76 bits per heavy atom. The van der Waals surface area contributed by atoms with E-state index in [0.717, 1.165) is 6.42 Å². The summed E-state index contributed by atoms with van der Waals surface area (Å²) in [6.45, 7) is 0. The summed E-state index contributed by atoms with van der Waals surface area (Å²) in [6.07, 6.45) is 0.868. The van der Waals surface area contributed by atoms with Gasteiger partial charge in [0.2, 0.25) is 0 Å². The lowest BCUT2D eigenvalue weighted by atomic mass is 10.1. The molecule has 1 aromatic heterocycles. The van der Waals surface area contributed by atoms with Gasteiger partial charge in [-0.25, -0.2) is 8.78 Å². The predicted octanol–water partition coefficient (Wildman–Crippen LogP) is 3.04. The van der Waals surface area contributed by atoms with Gasteiger partial charge >= 0.3 is 0 Å². The zero-order valence-corrected chi connectivity index (χ0v) is 8.99. The number of hydrogen-bond donors (Lipinski definition) is 1. The van der Waals surface area contributed by atoms with Crippen LogP contribution in [0.2, 0.25) is 0 Å². The summed E-state index contributed by atoms with van der Waals surface area (Å²) in [5.74, 6) is -0.125. The van der Waals surface area contributed by atoms with Crippen molar-refractivity contribution in [3.05, 3.63) is 47.7 Å². The molecule has 4 heteroatoms. The Morgan fingerprint density at radius 1 is 1.12 bits per heavy atom. The molecule has 1 aromatic carbocycles. The Bertz CT molecular complexity index is 544. The van der Waals surface area contributed by atoms with E-state index in [1.54, 1.807) is 12.1 Å². The van der Waals surface area contributed by atoms with Gasteiger partial charge in [0, 0.05) is 12.0 Å². The highest BCUT2D eigenvalue weighted by Crippen LogP contribution is 2.41. The summed E-state index contributed by atoms with van der Waals surface area (Å²) in [6, 6.07) is 7.18. The zero-order chi connectivity index (χ0) is 12.0. The standard InChI is InChI=1S/C13H11F2NO/c14-8-2-1-3-9(15)13(8)12-5-4-11(17-12)7-6-10(7)16/h1-5,7,10H,6,16H2/t7-,10-/m1/s1. The van der Waals surface area contributed by atoms with Crippen molar-refractivity contribution in [1.82, 2.24) is 0 Å². The second-order valence-electron chi connectivity index (χ2n) is 4.30. The molecule has 0 radical (unpaired) electrons. The van der Waals surface area contributed by atoms with E-state index in [0.29, 0.717) is 5.76 Å². The van der Waals surface area contributed by atoms with Gasteiger partial charge in [-0.2, -0.15) is 0 Å². The minimum absolute atomic E-state index is 0.111. The van der Waals surface area contributed by atoms with Crippen molar-refractivity contribution < 1.29 is 13.2 Å². The van der Waals surface area contributed by atoms with Gasteiger partial charge in [-0.3, -0.25) is 0 Å². The number of halogens is 2. The van der Waals surface area contributed by atoms with E-state index in [1.807, 2.05) is 0 Å². The number of hydrogen-bond acceptors (Lipinski definition) is 2. The lowest BCUT2D eigenvalue weighted by Crippen LogP contribution is -2.00. The maximum atomic E-state index is 13.5. The third-order valence-electron chi connectivity index (χ3n) is 3.04. The molecule has 1 heterocycles. The summed E-state index contributed by atoms with van der Waals surface area (Å²) < 4.78 is 32.5. The van der Waals surface area contributed by atoms with Crippen LogP contribution >= 0.6 is 0 Å². The topological polar surface area (TPSA) is 39.2 Å². The van der Waals surface area contributed by atoms with E-state index in [-0.39, 0.29) is 23.3 Å². The fraction of sp³-hybridized carbons (Fsp3) is 0.231. The average Bonchev–Trinajstić information content (AvgIpc) is 2.83. The predicted molar refractivity (Wildman–Crippen MR) is 59.4 cm³/mol. The number of furan rings is 1. The highest BCUT2D eigenvalue weighted by Gasteiger charge is 2.37. The van der Waals surface area contributed by atoms with Crippen LogP contribution in [0.25, 0.3) is 11.3 Å². The molecule has 2 aromatic rings. The van der Waals surface area contributed by atoms with Crippen molar-refractivity contribution in [2.24, 2.45) is 5.73 Å². The largest absolute Gasteiger partial charge is 0.461 e. The minimum Gasteiger partial charge on any atom is -0.461 e. The molecule has 0 spiro atoms. The van der Waals surface area contributed by atoms with Crippen molar-refractivity contribution >= 4 is 0 Å². The SMILES string of the molecule is N[C@@H]1C[C@H]1c1ccc(-c2c(F)cccc2F)o1. The molecule has 88 valence electrons. The second kappa shape index (κ2) is 3.67. The van der Waals surface area contributed by atoms with Crippen LogP contribution in [0.5, 0.6) is 0 Å². The zero-order valence-electron chi connectivity index (χ0n) is 8.99. The fourth-order valence-corrected chi connectivity index (χ4v) is 1.96. The minimum atomic E-state index is -0.619. The van der Waals surface area contributed by atoms with Crippen LogP contribution in [-0.4, -0.2) is 6.04 Å². The lowest BCUT2D eigenvalue weighted by molar-refractivity contribution is 0.508. The molecule has 2 N–H and O–H groups in total. The molecule has 1 aliphatic rings. The quantitative estimate of drug-likeness (QED) is 0.868. The van der Waals surface area contributed by atoms with Gasteiger partial charge in [0.1, 0.15) is 23.2 Å². The van der Waals surface area contributed by atoms with Gasteiger partial charge < -0.3 is 10.2 Å². The average molecular weight is 235 g/mol. The van der Waals surface area contributed by atoms with Crippen molar-refractivity contribution in [3.8, 4) is 11.3 Å². The van der Waals surface area contributed by atoms with Gasteiger partial charge in [0.15, 0.2) is 0 Å². The number of benzene rings is 1. The molecule has 3 rings (SSSR count). The van der Waals surface area contributed by atoms with Crippen LogP contribution in [-0.2, 0) is 0 Å². The molecule has 1 saturated carbocycles. The van der Waals surface area contributed by atoms with E-state index in [9.17, 15) is 8.78 Å². The van der Waals surface area contributed by atoms with Crippen molar-refractivity contribution in [3.63, 3.8) is 0 Å². The Kier molecular flexibility index (Phi) is 2.26. The van der Waals surface area contributed by atoms with Crippen molar-refractivity contribution in [1.29, 1.82) is 0 Å². The number of nitrogens with two attached hydrogens (primary N) is 1. The van der Waals surface area contributed by atoms with Crippen LogP contribution in [0.1, 0.15) is 18.1 Å². The second-order valence-corrected chi connectivity index (χ2v) is 4.30. The molecule has 0 amide bonds.